The number of benzene rings is 1. The molecule has 2 amide bonds. The maximum atomic E-state index is 13.9. The van der Waals surface area contributed by atoms with Crippen molar-refractivity contribution in [3.8, 4) is 0 Å². The molecular formula is C31H42N4O4. The molecular weight excluding hydrogens is 492 g/mol. The Balaban J connectivity index is 1.58. The highest BCUT2D eigenvalue weighted by Crippen LogP contribution is 2.59. The van der Waals surface area contributed by atoms with Crippen molar-refractivity contribution >= 4 is 34.3 Å². The number of hydrogen-bond donors (Lipinski definition) is 1. The van der Waals surface area contributed by atoms with Gasteiger partial charge in [0.2, 0.25) is 11.8 Å². The number of aromatic nitrogens is 2. The quantitative estimate of drug-likeness (QED) is 0.579. The van der Waals surface area contributed by atoms with E-state index in [-0.39, 0.29) is 53.2 Å². The average Bonchev–Trinajstić information content (AvgIpc) is 3.31. The molecule has 1 saturated carbocycles. The van der Waals surface area contributed by atoms with Crippen LogP contribution in [0.1, 0.15) is 107 Å². The molecule has 3 heterocycles. The zero-order valence-electron chi connectivity index (χ0n) is 24.0. The van der Waals surface area contributed by atoms with Gasteiger partial charge >= 0.3 is 0 Å². The van der Waals surface area contributed by atoms with Gasteiger partial charge in [-0.25, -0.2) is 0 Å². The number of aryl methyl sites for hydroxylation is 1. The first-order valence-corrected chi connectivity index (χ1v) is 14.7. The third kappa shape index (κ3) is 5.03. The predicted octanol–water partition coefficient (Wildman–Crippen LogP) is 4.57. The summed E-state index contributed by atoms with van der Waals surface area (Å²) < 4.78 is 1.71. The second-order valence-electron chi connectivity index (χ2n) is 12.4. The van der Waals surface area contributed by atoms with E-state index in [1.54, 1.807) is 9.58 Å². The molecule has 1 saturated heterocycles. The molecule has 39 heavy (non-hydrogen) atoms. The van der Waals surface area contributed by atoms with Crippen LogP contribution in [0.5, 0.6) is 0 Å². The Kier molecular flexibility index (Phi) is 7.42. The zero-order valence-corrected chi connectivity index (χ0v) is 24.0. The number of hydrogen-bond acceptors (Lipinski definition) is 5. The molecule has 1 aromatic carbocycles. The van der Waals surface area contributed by atoms with Crippen molar-refractivity contribution < 1.29 is 19.2 Å². The van der Waals surface area contributed by atoms with E-state index in [0.717, 1.165) is 60.6 Å². The zero-order chi connectivity index (χ0) is 28.1. The molecule has 210 valence electrons. The first-order valence-electron chi connectivity index (χ1n) is 14.7. The minimum absolute atomic E-state index is 0.0126. The number of Topliss-reactive ketones (excluding diaryl/α,β-unsaturated/α-hetero) is 2. The summed E-state index contributed by atoms with van der Waals surface area (Å²) in [5.41, 5.74) is 3.27. The molecule has 2 aliphatic heterocycles. The minimum Gasteiger partial charge on any atom is -0.355 e. The van der Waals surface area contributed by atoms with E-state index in [1.165, 1.54) is 6.92 Å². The maximum Gasteiger partial charge on any atom is 0.245 e. The van der Waals surface area contributed by atoms with Crippen LogP contribution in [-0.2, 0) is 27.3 Å². The highest BCUT2D eigenvalue weighted by Gasteiger charge is 2.66. The predicted molar refractivity (Wildman–Crippen MR) is 150 cm³/mol. The Morgan fingerprint density at radius 3 is 2.62 bits per heavy atom. The maximum absolute atomic E-state index is 13.9. The van der Waals surface area contributed by atoms with E-state index in [4.69, 9.17) is 5.10 Å². The van der Waals surface area contributed by atoms with E-state index >= 15 is 0 Å². The first kappa shape index (κ1) is 27.5. The van der Waals surface area contributed by atoms with E-state index in [0.29, 0.717) is 25.1 Å². The van der Waals surface area contributed by atoms with Crippen molar-refractivity contribution in [2.24, 2.45) is 11.3 Å². The number of rotatable bonds is 4. The van der Waals surface area contributed by atoms with Gasteiger partial charge in [-0.15, -0.1) is 0 Å². The van der Waals surface area contributed by atoms with Gasteiger partial charge in [-0.2, -0.15) is 5.10 Å². The number of piperidine rings is 1. The van der Waals surface area contributed by atoms with Crippen molar-refractivity contribution in [2.45, 2.75) is 111 Å². The second kappa shape index (κ2) is 10.5. The van der Waals surface area contributed by atoms with Crippen LogP contribution in [0, 0.1) is 11.3 Å². The average molecular weight is 535 g/mol. The molecule has 8 nitrogen and oxygen atoms in total. The largest absolute Gasteiger partial charge is 0.355 e. The molecule has 2 fully saturated rings. The van der Waals surface area contributed by atoms with Crippen LogP contribution >= 0.6 is 0 Å². The summed E-state index contributed by atoms with van der Waals surface area (Å²) in [7, 11) is 0. The van der Waals surface area contributed by atoms with Crippen LogP contribution in [0.25, 0.3) is 10.9 Å². The van der Waals surface area contributed by atoms with Gasteiger partial charge in [-0.05, 0) is 55.2 Å². The summed E-state index contributed by atoms with van der Waals surface area (Å²) in [4.78, 5) is 54.3. The standard InChI is InChI=1S/C31H42N4O4/c1-6-25(37)24-14-31-15-26(31)35(24)27(38)16-34-29-21(11-9-7-8-10-19(4)30(39)32-17-31)12-22(18(2)3)13-23(29)28(33-34)20(5)36/h12-13,18-19,24,26H,6-11,14-17H2,1-5H3,(H,32,39)/t19-,24-,26+,31-/m0/s1. The van der Waals surface area contributed by atoms with Crippen LogP contribution < -0.4 is 5.32 Å². The molecule has 1 aliphatic carbocycles. The molecule has 2 bridgehead atoms. The number of nitrogens with zero attached hydrogens (tertiary/aromatic N) is 3. The van der Waals surface area contributed by atoms with Gasteiger partial charge in [-0.3, -0.25) is 23.9 Å². The van der Waals surface area contributed by atoms with Gasteiger partial charge in [0.1, 0.15) is 12.2 Å². The molecule has 0 radical (unpaired) electrons. The van der Waals surface area contributed by atoms with Crippen molar-refractivity contribution in [3.63, 3.8) is 0 Å². The van der Waals surface area contributed by atoms with Crippen LogP contribution in [0.2, 0.25) is 0 Å². The summed E-state index contributed by atoms with van der Waals surface area (Å²) >= 11 is 0. The first-order chi connectivity index (χ1) is 18.6. The lowest BCUT2D eigenvalue weighted by Crippen LogP contribution is -2.44. The fourth-order valence-corrected chi connectivity index (χ4v) is 6.80. The Bertz CT molecular complexity index is 1330. The fraction of sp³-hybridized carbons (Fsp3) is 0.645. The van der Waals surface area contributed by atoms with Gasteiger partial charge in [0, 0.05) is 42.7 Å². The smallest absolute Gasteiger partial charge is 0.245 e. The molecule has 8 heteroatoms. The van der Waals surface area contributed by atoms with Crippen molar-refractivity contribution in [1.82, 2.24) is 20.0 Å². The number of carbonyl (C=O) groups excluding carboxylic acids is 4. The molecule has 0 unspecified atom stereocenters. The monoisotopic (exact) mass is 534 g/mol. The van der Waals surface area contributed by atoms with E-state index in [9.17, 15) is 19.2 Å². The summed E-state index contributed by atoms with van der Waals surface area (Å²) in [6.07, 6.45) is 6.30. The van der Waals surface area contributed by atoms with Crippen LogP contribution in [0.15, 0.2) is 12.1 Å². The second-order valence-corrected chi connectivity index (χ2v) is 12.4. The van der Waals surface area contributed by atoms with Gasteiger partial charge in [0.15, 0.2) is 11.6 Å². The minimum atomic E-state index is -0.476. The third-order valence-electron chi connectivity index (χ3n) is 9.30. The Morgan fingerprint density at radius 1 is 1.15 bits per heavy atom. The van der Waals surface area contributed by atoms with Crippen molar-refractivity contribution in [1.29, 1.82) is 0 Å². The Morgan fingerprint density at radius 2 is 1.92 bits per heavy atom. The SMILES string of the molecule is CCC(=O)[C@@H]1C[C@]23CNC(=O)[C@@H](C)CCCCCc4cc(C(C)C)cc5c(C(C)=O)nn(c45)CC(=O)N1[C@@H]2C3. The van der Waals surface area contributed by atoms with E-state index in [1.807, 2.05) is 13.8 Å². The highest BCUT2D eigenvalue weighted by atomic mass is 16.2. The molecule has 5 rings (SSSR count). The number of nitrogens with one attached hydrogen (secondary N) is 1. The van der Waals surface area contributed by atoms with Crippen LogP contribution in [-0.4, -0.2) is 56.7 Å². The van der Waals surface area contributed by atoms with Gasteiger partial charge < -0.3 is 10.2 Å². The fourth-order valence-electron chi connectivity index (χ4n) is 6.80. The normalized spacial score (nSPS) is 27.8. The lowest BCUT2D eigenvalue weighted by Gasteiger charge is -2.26. The summed E-state index contributed by atoms with van der Waals surface area (Å²) in [6.45, 7) is 10.1. The lowest BCUT2D eigenvalue weighted by atomic mass is 9.93. The molecule has 1 aromatic heterocycles. The van der Waals surface area contributed by atoms with Crippen LogP contribution in [0.3, 0.4) is 0 Å². The molecule has 3 aliphatic rings. The molecule has 4 atom stereocenters. The van der Waals surface area contributed by atoms with E-state index < -0.39 is 6.04 Å². The molecule has 1 N–H and O–H groups in total. The lowest BCUT2D eigenvalue weighted by molar-refractivity contribution is -0.139. The van der Waals surface area contributed by atoms with E-state index in [2.05, 4.69) is 31.3 Å². The topological polar surface area (TPSA) is 101 Å². The van der Waals surface area contributed by atoms with Gasteiger partial charge in [-0.1, -0.05) is 46.6 Å². The summed E-state index contributed by atoms with van der Waals surface area (Å²) in [5, 5.41) is 8.65. The Labute approximate surface area is 230 Å². The summed E-state index contributed by atoms with van der Waals surface area (Å²) in [5.74, 6) is 0.0658. The van der Waals surface area contributed by atoms with Crippen molar-refractivity contribution in [2.75, 3.05) is 6.54 Å². The van der Waals surface area contributed by atoms with Gasteiger partial charge in [0.05, 0.1) is 11.6 Å². The third-order valence-corrected chi connectivity index (χ3v) is 9.30. The number of amides is 2. The van der Waals surface area contributed by atoms with Crippen LogP contribution in [0.4, 0.5) is 0 Å². The Hall–Kier alpha value is -3.03. The number of carbonyl (C=O) groups is 4. The van der Waals surface area contributed by atoms with Gasteiger partial charge in [0.25, 0.3) is 0 Å². The highest BCUT2D eigenvalue weighted by molar-refractivity contribution is 6.06. The number of ketones is 2. The molecule has 2 aromatic rings. The summed E-state index contributed by atoms with van der Waals surface area (Å²) in [6, 6.07) is 3.73. The van der Waals surface area contributed by atoms with Crippen molar-refractivity contribution in [3.05, 3.63) is 29.0 Å². The molecule has 0 spiro atoms.